The Kier molecular flexibility index (Phi) is 2.15. The van der Waals surface area contributed by atoms with E-state index in [0.29, 0.717) is 28.9 Å². The molecular weight excluding hydrogens is 300 g/mol. The molecular formula is C25H30. The average molecular weight is 339 g/mol. The minimum absolute atomic E-state index is 0.0715. The molecule has 4 fully saturated rings. The molecule has 0 aliphatic heterocycles. The third kappa shape index (κ3) is 2.65. The van der Waals surface area contributed by atoms with Gasteiger partial charge in [-0.2, -0.15) is 0 Å². The molecule has 2 aromatic carbocycles. The van der Waals surface area contributed by atoms with E-state index in [1.165, 1.54) is 19.3 Å². The molecule has 0 unspecified atom stereocenters. The Hall–Kier alpha value is -1.56. The summed E-state index contributed by atoms with van der Waals surface area (Å²) < 4.78 is 69.4. The molecule has 0 spiro atoms. The SMILES string of the molecule is [2H]c1c([2H])c(C(C)C)c([2H])c([2H])c1-c1c([2H])c([2H])c(C23CC4CC(CC(C4)C2)C3)c([2H])c1[2H]. The predicted molar refractivity (Wildman–Crippen MR) is 106 cm³/mol. The van der Waals surface area contributed by atoms with Gasteiger partial charge in [0, 0.05) is 0 Å². The Morgan fingerprint density at radius 3 is 1.64 bits per heavy atom. The monoisotopic (exact) mass is 338 g/mol. The minimum Gasteiger partial charge on any atom is -0.0587 e. The summed E-state index contributed by atoms with van der Waals surface area (Å²) in [7, 11) is 0. The maximum atomic E-state index is 8.91. The van der Waals surface area contributed by atoms with E-state index in [-0.39, 0.29) is 70.8 Å². The van der Waals surface area contributed by atoms with Crippen LogP contribution in [0.3, 0.4) is 0 Å². The van der Waals surface area contributed by atoms with Crippen LogP contribution in [0.25, 0.3) is 11.1 Å². The van der Waals surface area contributed by atoms with E-state index >= 15 is 0 Å². The van der Waals surface area contributed by atoms with Crippen LogP contribution in [0.15, 0.2) is 48.3 Å². The molecule has 0 amide bonds. The Labute approximate surface area is 163 Å². The van der Waals surface area contributed by atoms with Crippen molar-refractivity contribution in [2.75, 3.05) is 0 Å². The Morgan fingerprint density at radius 2 is 1.20 bits per heavy atom. The third-order valence-corrected chi connectivity index (χ3v) is 6.67. The summed E-state index contributed by atoms with van der Waals surface area (Å²) in [5, 5.41) is 0. The molecule has 6 rings (SSSR count). The first kappa shape index (κ1) is 9.40. The Morgan fingerprint density at radius 1 is 0.760 bits per heavy atom. The van der Waals surface area contributed by atoms with Crippen LogP contribution < -0.4 is 0 Å². The van der Waals surface area contributed by atoms with Gasteiger partial charge < -0.3 is 0 Å². The normalized spacial score (nSPS) is 37.6. The molecule has 0 aromatic heterocycles. The highest BCUT2D eigenvalue weighted by Crippen LogP contribution is 2.60. The fourth-order valence-electron chi connectivity index (χ4n) is 5.86. The summed E-state index contributed by atoms with van der Waals surface area (Å²) in [5.41, 5.74) is 0.237. The van der Waals surface area contributed by atoms with E-state index < -0.39 is 0 Å². The van der Waals surface area contributed by atoms with Crippen LogP contribution in [-0.2, 0) is 5.41 Å². The Bertz CT molecular complexity index is 1070. The van der Waals surface area contributed by atoms with Crippen molar-refractivity contribution in [3.63, 3.8) is 0 Å². The summed E-state index contributed by atoms with van der Waals surface area (Å²) in [6.45, 7) is 3.61. The average Bonchev–Trinajstić information content (AvgIpc) is 2.72. The zero-order valence-electron chi connectivity index (χ0n) is 23.1. The van der Waals surface area contributed by atoms with Gasteiger partial charge >= 0.3 is 0 Å². The van der Waals surface area contributed by atoms with Gasteiger partial charge in [0.25, 0.3) is 0 Å². The van der Waals surface area contributed by atoms with Gasteiger partial charge in [0.05, 0.1) is 11.0 Å². The zero-order chi connectivity index (χ0) is 24.0. The first-order chi connectivity index (χ1) is 15.5. The summed E-state index contributed by atoms with van der Waals surface area (Å²) >= 11 is 0. The van der Waals surface area contributed by atoms with Gasteiger partial charge in [-0.3, -0.25) is 0 Å². The number of rotatable bonds is 3. The van der Waals surface area contributed by atoms with E-state index in [0.717, 1.165) is 19.3 Å². The van der Waals surface area contributed by atoms with Crippen molar-refractivity contribution in [3.8, 4) is 11.1 Å². The summed E-state index contributed by atoms with van der Waals surface area (Å²) in [6, 6.07) is -1.60. The van der Waals surface area contributed by atoms with Crippen molar-refractivity contribution >= 4 is 0 Å². The molecule has 0 saturated heterocycles. The van der Waals surface area contributed by atoms with Gasteiger partial charge in [-0.05, 0) is 89.9 Å². The molecule has 4 aliphatic carbocycles. The van der Waals surface area contributed by atoms with Crippen molar-refractivity contribution in [1.29, 1.82) is 0 Å². The maximum Gasteiger partial charge on any atom is 0.0629 e. The van der Waals surface area contributed by atoms with Gasteiger partial charge in [0.1, 0.15) is 0 Å². The molecule has 4 aliphatic rings. The van der Waals surface area contributed by atoms with Crippen molar-refractivity contribution in [2.24, 2.45) is 17.8 Å². The molecule has 0 heteroatoms. The molecule has 4 saturated carbocycles. The molecule has 25 heavy (non-hydrogen) atoms. The van der Waals surface area contributed by atoms with Gasteiger partial charge in [-0.1, -0.05) is 62.2 Å². The molecule has 0 N–H and O–H groups in total. The van der Waals surface area contributed by atoms with Crippen LogP contribution in [-0.4, -0.2) is 0 Å². The quantitative estimate of drug-likeness (QED) is 0.568. The molecule has 0 atom stereocenters. The van der Waals surface area contributed by atoms with Crippen LogP contribution in [0.1, 0.15) is 80.4 Å². The van der Waals surface area contributed by atoms with Crippen LogP contribution in [0.5, 0.6) is 0 Å². The summed E-state index contributed by atoms with van der Waals surface area (Å²) in [5.74, 6) is 1.57. The van der Waals surface area contributed by atoms with Crippen molar-refractivity contribution in [3.05, 3.63) is 59.5 Å². The lowest BCUT2D eigenvalue weighted by Crippen LogP contribution is -2.48. The Balaban J connectivity index is 1.74. The van der Waals surface area contributed by atoms with Crippen LogP contribution in [0, 0.1) is 17.8 Å². The van der Waals surface area contributed by atoms with E-state index in [1.807, 2.05) is 0 Å². The molecule has 130 valence electrons. The van der Waals surface area contributed by atoms with Gasteiger partial charge in [-0.25, -0.2) is 0 Å². The second kappa shape index (κ2) is 5.73. The largest absolute Gasteiger partial charge is 0.0629 e. The second-order valence-corrected chi connectivity index (χ2v) is 8.89. The van der Waals surface area contributed by atoms with E-state index in [4.69, 9.17) is 11.0 Å². The molecule has 0 heterocycles. The van der Waals surface area contributed by atoms with Gasteiger partial charge in [-0.15, -0.1) is 0 Å². The van der Waals surface area contributed by atoms with E-state index in [2.05, 4.69) is 0 Å². The number of benzene rings is 2. The highest BCUT2D eigenvalue weighted by Gasteiger charge is 2.51. The number of hydrogen-bond acceptors (Lipinski definition) is 0. The second-order valence-electron chi connectivity index (χ2n) is 8.89. The third-order valence-electron chi connectivity index (χ3n) is 6.67. The molecule has 4 bridgehead atoms. The summed E-state index contributed by atoms with van der Waals surface area (Å²) in [6.07, 6.45) is 6.39. The smallest absolute Gasteiger partial charge is 0.0587 e. The first-order valence-electron chi connectivity index (χ1n) is 13.7. The number of hydrogen-bond donors (Lipinski definition) is 0. The predicted octanol–water partition coefficient (Wildman–Crippen LogP) is 6.94. The zero-order valence-corrected chi connectivity index (χ0v) is 15.1. The van der Waals surface area contributed by atoms with Crippen LogP contribution in [0.2, 0.25) is 0 Å². The lowest BCUT2D eigenvalue weighted by molar-refractivity contribution is -0.00518. The highest BCUT2D eigenvalue weighted by atomic mass is 14.6. The molecule has 0 nitrogen and oxygen atoms in total. The molecule has 2 aromatic rings. The van der Waals surface area contributed by atoms with Crippen molar-refractivity contribution in [1.82, 2.24) is 0 Å². The topological polar surface area (TPSA) is 0 Å². The summed E-state index contributed by atoms with van der Waals surface area (Å²) in [4.78, 5) is 0. The lowest BCUT2D eigenvalue weighted by atomic mass is 9.48. The van der Waals surface area contributed by atoms with Gasteiger partial charge in [0.2, 0.25) is 0 Å². The van der Waals surface area contributed by atoms with Gasteiger partial charge in [0.15, 0.2) is 0 Å². The van der Waals surface area contributed by atoms with Crippen molar-refractivity contribution < 1.29 is 11.0 Å². The maximum absolute atomic E-state index is 8.91. The minimum atomic E-state index is -0.316. The molecule has 0 radical (unpaired) electrons. The first-order valence-corrected chi connectivity index (χ1v) is 9.68. The van der Waals surface area contributed by atoms with E-state index in [1.54, 1.807) is 13.8 Å². The van der Waals surface area contributed by atoms with Crippen LogP contribution >= 0.6 is 0 Å². The fourth-order valence-corrected chi connectivity index (χ4v) is 5.86. The standard InChI is InChI=1S/C25H30/c1-17(2)21-3-5-22(6-4-21)23-7-9-24(10-8-23)25-14-18-11-19(15-25)13-20(12-18)16-25/h3-10,17-20H,11-16H2,1-2H3/i3D,4D,5D,6D,7D,8D,9D,10D. The highest BCUT2D eigenvalue weighted by molar-refractivity contribution is 5.64. The fraction of sp³-hybridized carbons (Fsp3) is 0.520. The lowest BCUT2D eigenvalue weighted by Gasteiger charge is -2.57. The van der Waals surface area contributed by atoms with Crippen molar-refractivity contribution in [2.45, 2.75) is 63.7 Å². The van der Waals surface area contributed by atoms with Crippen LogP contribution in [0.4, 0.5) is 0 Å². The van der Waals surface area contributed by atoms with E-state index in [9.17, 15) is 0 Å².